The molecule has 0 spiro atoms. The average molecular weight is 1380 g/mol. The average Bonchev–Trinajstić information content (AvgIpc) is 1.55. The minimum Gasteiger partial charge on any atom is -0.462 e. The van der Waals surface area contributed by atoms with Crippen molar-refractivity contribution in [3.05, 3.63) is 59.7 Å². The summed E-state index contributed by atoms with van der Waals surface area (Å²) < 4.78 is 54.7. The molecule has 97 heavy (non-hydrogen) atoms. The van der Waals surface area contributed by atoms with E-state index < -0.39 is 240 Å². The number of nitrogens with zero attached hydrogens (tertiary/aromatic N) is 4. The maximum absolute atomic E-state index is 15.2. The number of hydrogen-bond acceptors (Lipinski definition) is 31. The van der Waals surface area contributed by atoms with E-state index in [4.69, 9.17) is 54.1 Å². The number of guanidine groups is 2. The van der Waals surface area contributed by atoms with Crippen LogP contribution in [0.3, 0.4) is 0 Å². The lowest BCUT2D eigenvalue weighted by Crippen LogP contribution is -2.67. The molecule has 8 aliphatic heterocycles. The SMILES string of the molecule is Cc1ccccc1N1C(=O)CNC(=O)C(CO)NC(=O)C(C(O)C2CN(C3OC(CO)C(O)C4OC(C)(C)OC43)C(N)=N2)NC(=O)C(C(O)C2CN=C(N)N2)NC(=O)C(Cc2ccc(OC3OC(CO)C(OC4OC(CO)C(O)C(O)C4O)C4OC(C)(C)OC34)cc2)NC(=O)C1C. The normalized spacial score (nSPS) is 38.0. The van der Waals surface area contributed by atoms with Crippen molar-refractivity contribution >= 4 is 53.0 Å². The van der Waals surface area contributed by atoms with Crippen molar-refractivity contribution in [2.24, 2.45) is 21.5 Å². The van der Waals surface area contributed by atoms with Gasteiger partial charge in [-0.05, 0) is 70.9 Å². The van der Waals surface area contributed by atoms with Crippen molar-refractivity contribution in [3.8, 4) is 5.75 Å². The van der Waals surface area contributed by atoms with E-state index in [0.29, 0.717) is 11.1 Å². The number of aliphatic hydroxyl groups is 10. The summed E-state index contributed by atoms with van der Waals surface area (Å²) >= 11 is 0. The second-order valence-corrected chi connectivity index (χ2v) is 25.7. The van der Waals surface area contributed by atoms with Crippen LogP contribution in [0.2, 0.25) is 0 Å². The van der Waals surface area contributed by atoms with Crippen molar-refractivity contribution in [1.82, 2.24) is 36.8 Å². The van der Waals surface area contributed by atoms with E-state index >= 15 is 9.59 Å². The smallest absolute Gasteiger partial charge is 0.247 e. The number of ether oxygens (including phenoxy) is 9. The Hall–Kier alpha value is -7.12. The number of aliphatic imine (C=N–C) groups is 2. The molecule has 10 rings (SSSR count). The Kier molecular flexibility index (Phi) is 22.3. The third-order valence-corrected chi connectivity index (χ3v) is 18.0. The summed E-state index contributed by atoms with van der Waals surface area (Å²) in [5.74, 6) is -9.78. The minimum atomic E-state index is -2.23. The standard InChI is InChI=1S/C60H86N12O25/c1-23-9-7-8-10-31(23)72-24(2)49(84)65-27(15-25-11-13-26(14-12-25)89-56-48-46(95-60(5,6)97-48)44(34(22-76)92-56)93-55-43(83)42(82)40(80)32(20-74)91-55)51(86)69-36(38(78)28-16-64-57(61)67-28)53(88)70-37(52(87)66-30(19-73)50(85)63-17-35(72)77)39(79)29-18-71(58(62)68-29)54-47-45(94-59(3,4)96-47)41(81)33(21-75)90-54/h7-14,24,27-30,32-34,36-48,54-56,73-76,78-83H,15-22H2,1-6H3,(H2,62,68)(H,63,85)(H,65,84)(H,66,87)(H,69,86)(H,70,88)(H3,61,64,67). The molecule has 0 bridgehead atoms. The molecule has 0 saturated carbocycles. The number of rotatable bonds is 16. The lowest BCUT2D eigenvalue weighted by Gasteiger charge is -2.45. The largest absolute Gasteiger partial charge is 0.462 e. The molecule has 20 N–H and O–H groups in total. The molecule has 8 aliphatic rings. The zero-order chi connectivity index (χ0) is 70.3. The summed E-state index contributed by atoms with van der Waals surface area (Å²) in [6.45, 7) is 4.55. The first-order chi connectivity index (χ1) is 45.9. The molecule has 2 aromatic rings. The van der Waals surface area contributed by atoms with Gasteiger partial charge in [0.1, 0.15) is 115 Å². The monoisotopic (exact) mass is 1370 g/mol. The van der Waals surface area contributed by atoms with E-state index in [1.165, 1.54) is 42.2 Å². The molecule has 24 atom stereocenters. The predicted molar refractivity (Wildman–Crippen MR) is 328 cm³/mol. The Morgan fingerprint density at radius 3 is 1.89 bits per heavy atom. The fourth-order valence-electron chi connectivity index (χ4n) is 13.0. The number of carbonyl (C=O) groups is 6. The Labute approximate surface area is 554 Å². The third kappa shape index (κ3) is 15.5. The van der Waals surface area contributed by atoms with Crippen molar-refractivity contribution in [2.45, 2.75) is 206 Å². The minimum absolute atomic E-state index is 0.111. The highest BCUT2D eigenvalue weighted by atomic mass is 16.8. The number of nitrogens with two attached hydrogens (primary N) is 2. The van der Waals surface area contributed by atoms with Gasteiger partial charge in [-0.25, -0.2) is 4.99 Å². The Balaban J connectivity index is 0.951. The molecule has 6 amide bonds. The first-order valence-corrected chi connectivity index (χ1v) is 31.6. The molecule has 6 fully saturated rings. The number of amides is 6. The van der Waals surface area contributed by atoms with Gasteiger partial charge in [-0.3, -0.25) is 38.7 Å². The summed E-state index contributed by atoms with van der Waals surface area (Å²) in [5, 5.41) is 124. The van der Waals surface area contributed by atoms with Crippen LogP contribution in [0.4, 0.5) is 5.69 Å². The molecule has 8 heterocycles. The number of carbonyl (C=O) groups excluding carboxylic acids is 6. The fraction of sp³-hybridized carbons (Fsp3) is 0.667. The van der Waals surface area contributed by atoms with Crippen LogP contribution >= 0.6 is 0 Å². The van der Waals surface area contributed by atoms with Crippen LogP contribution in [0.1, 0.15) is 45.7 Å². The molecule has 6 saturated heterocycles. The van der Waals surface area contributed by atoms with Crippen molar-refractivity contribution < 1.29 is 122 Å². The van der Waals surface area contributed by atoms with Gasteiger partial charge in [0.2, 0.25) is 41.7 Å². The van der Waals surface area contributed by atoms with E-state index in [9.17, 15) is 70.2 Å². The van der Waals surface area contributed by atoms with Gasteiger partial charge in [0, 0.05) is 18.7 Å². The maximum Gasteiger partial charge on any atom is 0.247 e. The van der Waals surface area contributed by atoms with E-state index in [-0.39, 0.29) is 29.9 Å². The first kappa shape index (κ1) is 72.6. The van der Waals surface area contributed by atoms with Gasteiger partial charge < -0.3 is 142 Å². The van der Waals surface area contributed by atoms with E-state index in [1.807, 2.05) is 0 Å². The van der Waals surface area contributed by atoms with Gasteiger partial charge >= 0.3 is 0 Å². The summed E-state index contributed by atoms with van der Waals surface area (Å²) in [7, 11) is 0. The zero-order valence-electron chi connectivity index (χ0n) is 53.7. The number of nitrogens with one attached hydrogen (secondary N) is 6. The number of benzene rings is 2. The molecule has 0 aliphatic carbocycles. The van der Waals surface area contributed by atoms with E-state index in [0.717, 1.165) is 4.90 Å². The number of aryl methyl sites for hydroxylation is 1. The molecule has 24 unspecified atom stereocenters. The summed E-state index contributed by atoms with van der Waals surface area (Å²) in [5.41, 5.74) is 13.4. The van der Waals surface area contributed by atoms with Gasteiger partial charge in [-0.2, -0.15) is 0 Å². The van der Waals surface area contributed by atoms with Crippen molar-refractivity contribution in [1.29, 1.82) is 0 Å². The zero-order valence-corrected chi connectivity index (χ0v) is 53.7. The second-order valence-electron chi connectivity index (χ2n) is 25.7. The highest BCUT2D eigenvalue weighted by Gasteiger charge is 2.60. The van der Waals surface area contributed by atoms with E-state index in [1.54, 1.807) is 52.8 Å². The van der Waals surface area contributed by atoms with Crippen LogP contribution in [-0.4, -0.2) is 308 Å². The lowest BCUT2D eigenvalue weighted by molar-refractivity contribution is -0.344. The highest BCUT2D eigenvalue weighted by molar-refractivity contribution is 6.04. The first-order valence-electron chi connectivity index (χ1n) is 31.6. The summed E-state index contributed by atoms with van der Waals surface area (Å²) in [4.78, 5) is 99.3. The maximum atomic E-state index is 15.2. The number of fused-ring (bicyclic) bond motifs is 2. The topological polar surface area (TPSA) is 543 Å². The lowest BCUT2D eigenvalue weighted by atomic mass is 9.96. The molecule has 37 nitrogen and oxygen atoms in total. The molecular formula is C60H86N12O25. The van der Waals surface area contributed by atoms with Crippen LogP contribution in [0.15, 0.2) is 58.5 Å². The third-order valence-electron chi connectivity index (χ3n) is 18.0. The van der Waals surface area contributed by atoms with Crippen molar-refractivity contribution in [3.63, 3.8) is 0 Å². The van der Waals surface area contributed by atoms with Gasteiger partial charge in [-0.1, -0.05) is 30.3 Å². The highest BCUT2D eigenvalue weighted by Crippen LogP contribution is 2.42. The Morgan fingerprint density at radius 1 is 0.639 bits per heavy atom. The van der Waals surface area contributed by atoms with Crippen LogP contribution in [0.25, 0.3) is 0 Å². The van der Waals surface area contributed by atoms with Gasteiger partial charge in [0.15, 0.2) is 42.1 Å². The van der Waals surface area contributed by atoms with Crippen LogP contribution < -0.4 is 53.0 Å². The Morgan fingerprint density at radius 2 is 1.24 bits per heavy atom. The quantitative estimate of drug-likeness (QED) is 0.0742. The molecular weight excluding hydrogens is 1290 g/mol. The molecule has 0 aromatic heterocycles. The molecule has 37 heteroatoms. The summed E-state index contributed by atoms with van der Waals surface area (Å²) in [6, 6.07) is 0.146. The number of anilines is 1. The Bertz CT molecular complexity index is 3240. The van der Waals surface area contributed by atoms with Crippen LogP contribution in [0, 0.1) is 6.92 Å². The molecule has 0 radical (unpaired) electrons. The van der Waals surface area contributed by atoms with E-state index in [2.05, 4.69) is 41.9 Å². The molecule has 536 valence electrons. The van der Waals surface area contributed by atoms with Gasteiger partial charge in [-0.15, -0.1) is 0 Å². The summed E-state index contributed by atoms with van der Waals surface area (Å²) in [6.07, 6.45) is -24.9. The van der Waals surface area contributed by atoms with Crippen molar-refractivity contribution in [2.75, 3.05) is 51.0 Å². The second kappa shape index (κ2) is 29.8. The van der Waals surface area contributed by atoms with Gasteiger partial charge in [0.05, 0.1) is 51.6 Å². The number of aliphatic hydroxyl groups excluding tert-OH is 10. The number of para-hydroxylation sites is 1. The predicted octanol–water partition coefficient (Wildman–Crippen LogP) is -9.57. The van der Waals surface area contributed by atoms with Gasteiger partial charge in [0.25, 0.3) is 0 Å². The number of hydrogen-bond donors (Lipinski definition) is 18. The van der Waals surface area contributed by atoms with Crippen LogP contribution in [-0.2, 0) is 73.1 Å². The van der Waals surface area contributed by atoms with Crippen LogP contribution in [0.5, 0.6) is 5.75 Å². The molecule has 2 aromatic carbocycles. The fourth-order valence-corrected chi connectivity index (χ4v) is 13.0.